The molecule has 30 heavy (non-hydrogen) atoms. The number of ether oxygens (including phenoxy) is 2. The standard InChI is InChI=1S/C24H29ClN2O3/c1-18-17-20(7-8-21(18)25)24(28)23(27-11-15-30-16-12-27)22(19-5-3-2-4-6-19)26-9-13-29-14-10-26/h2-8,17,22-23H,9-16H2,1H3/t22-,23+/m1/s1. The van der Waals surface area contributed by atoms with Crippen molar-refractivity contribution in [1.82, 2.24) is 9.80 Å². The number of morpholine rings is 2. The van der Waals surface area contributed by atoms with E-state index >= 15 is 0 Å². The Morgan fingerprint density at radius 1 is 0.900 bits per heavy atom. The molecule has 2 aromatic rings. The molecule has 0 unspecified atom stereocenters. The maximum atomic E-state index is 14.0. The SMILES string of the molecule is Cc1cc(C(=O)[C@H]([C@@H](c2ccccc2)N2CCOCC2)N2CCOCC2)ccc1Cl. The molecule has 0 saturated carbocycles. The minimum Gasteiger partial charge on any atom is -0.379 e. The Morgan fingerprint density at radius 2 is 1.50 bits per heavy atom. The summed E-state index contributed by atoms with van der Waals surface area (Å²) >= 11 is 6.23. The third-order valence-corrected chi connectivity index (χ3v) is 6.45. The predicted molar refractivity (Wildman–Crippen MR) is 118 cm³/mol. The highest BCUT2D eigenvalue weighted by atomic mass is 35.5. The molecular formula is C24H29ClN2O3. The van der Waals surface area contributed by atoms with E-state index in [0.29, 0.717) is 37.0 Å². The van der Waals surface area contributed by atoms with Crippen LogP contribution in [0.3, 0.4) is 0 Å². The number of rotatable bonds is 6. The molecule has 4 rings (SSSR count). The monoisotopic (exact) mass is 428 g/mol. The van der Waals surface area contributed by atoms with Crippen LogP contribution in [0.2, 0.25) is 5.02 Å². The van der Waals surface area contributed by atoms with Crippen LogP contribution in [0, 0.1) is 6.92 Å². The van der Waals surface area contributed by atoms with E-state index < -0.39 is 0 Å². The first-order valence-corrected chi connectivity index (χ1v) is 11.0. The zero-order chi connectivity index (χ0) is 20.9. The summed E-state index contributed by atoms with van der Waals surface area (Å²) in [5.41, 5.74) is 2.79. The summed E-state index contributed by atoms with van der Waals surface area (Å²) < 4.78 is 11.2. The second-order valence-electron chi connectivity index (χ2n) is 7.93. The minimum absolute atomic E-state index is 0.0447. The van der Waals surface area contributed by atoms with Crippen molar-refractivity contribution in [2.75, 3.05) is 52.6 Å². The zero-order valence-electron chi connectivity index (χ0n) is 17.4. The van der Waals surface area contributed by atoms with Gasteiger partial charge in [-0.15, -0.1) is 0 Å². The van der Waals surface area contributed by atoms with Gasteiger partial charge in [0.15, 0.2) is 5.78 Å². The lowest BCUT2D eigenvalue weighted by Crippen LogP contribution is -2.55. The molecule has 0 spiro atoms. The van der Waals surface area contributed by atoms with Gasteiger partial charge in [0.2, 0.25) is 0 Å². The van der Waals surface area contributed by atoms with Gasteiger partial charge >= 0.3 is 0 Å². The van der Waals surface area contributed by atoms with Crippen molar-refractivity contribution in [2.45, 2.75) is 19.0 Å². The first-order valence-electron chi connectivity index (χ1n) is 10.6. The first-order chi connectivity index (χ1) is 14.6. The van der Waals surface area contributed by atoms with Crippen LogP contribution in [0.15, 0.2) is 48.5 Å². The maximum Gasteiger partial charge on any atom is 0.181 e. The van der Waals surface area contributed by atoms with Crippen molar-refractivity contribution in [3.05, 3.63) is 70.2 Å². The van der Waals surface area contributed by atoms with Crippen LogP contribution in [0.4, 0.5) is 0 Å². The molecule has 0 N–H and O–H groups in total. The molecule has 2 saturated heterocycles. The van der Waals surface area contributed by atoms with Gasteiger partial charge in [-0.2, -0.15) is 0 Å². The Hall–Kier alpha value is -1.76. The minimum atomic E-state index is -0.296. The number of aryl methyl sites for hydroxylation is 1. The van der Waals surface area contributed by atoms with E-state index in [1.54, 1.807) is 0 Å². The van der Waals surface area contributed by atoms with E-state index in [0.717, 1.165) is 37.3 Å². The van der Waals surface area contributed by atoms with Crippen molar-refractivity contribution in [3.8, 4) is 0 Å². The van der Waals surface area contributed by atoms with E-state index in [2.05, 4.69) is 34.1 Å². The van der Waals surface area contributed by atoms with E-state index in [4.69, 9.17) is 21.1 Å². The molecule has 0 aliphatic carbocycles. The second kappa shape index (κ2) is 10.0. The number of halogens is 1. The van der Waals surface area contributed by atoms with Gasteiger partial charge in [-0.3, -0.25) is 14.6 Å². The van der Waals surface area contributed by atoms with Gasteiger partial charge in [-0.1, -0.05) is 41.9 Å². The van der Waals surface area contributed by atoms with Gasteiger partial charge in [0.1, 0.15) is 0 Å². The molecule has 5 nitrogen and oxygen atoms in total. The number of hydrogen-bond acceptors (Lipinski definition) is 5. The molecule has 6 heteroatoms. The molecule has 0 bridgehead atoms. The van der Waals surface area contributed by atoms with Crippen LogP contribution in [-0.2, 0) is 9.47 Å². The van der Waals surface area contributed by atoms with Gasteiger partial charge in [0, 0.05) is 36.8 Å². The lowest BCUT2D eigenvalue weighted by Gasteiger charge is -2.44. The largest absolute Gasteiger partial charge is 0.379 e. The van der Waals surface area contributed by atoms with Crippen LogP contribution in [0.5, 0.6) is 0 Å². The van der Waals surface area contributed by atoms with E-state index in [9.17, 15) is 4.79 Å². The highest BCUT2D eigenvalue weighted by Gasteiger charge is 2.39. The second-order valence-corrected chi connectivity index (χ2v) is 8.33. The zero-order valence-corrected chi connectivity index (χ0v) is 18.2. The van der Waals surface area contributed by atoms with Crippen LogP contribution >= 0.6 is 11.6 Å². The van der Waals surface area contributed by atoms with Crippen molar-refractivity contribution in [3.63, 3.8) is 0 Å². The van der Waals surface area contributed by atoms with Gasteiger partial charge in [-0.05, 0) is 36.2 Å². The van der Waals surface area contributed by atoms with E-state index in [1.165, 1.54) is 0 Å². The van der Waals surface area contributed by atoms with E-state index in [1.807, 2.05) is 31.2 Å². The van der Waals surface area contributed by atoms with Crippen molar-refractivity contribution in [1.29, 1.82) is 0 Å². The summed E-state index contributed by atoms with van der Waals surface area (Å²) in [6.07, 6.45) is 0. The molecular weight excluding hydrogens is 400 g/mol. The van der Waals surface area contributed by atoms with Crippen LogP contribution in [-0.4, -0.2) is 74.2 Å². The van der Waals surface area contributed by atoms with Crippen LogP contribution in [0.25, 0.3) is 0 Å². The number of Topliss-reactive ketones (excluding diaryl/α,β-unsaturated/α-hetero) is 1. The fraction of sp³-hybridized carbons (Fsp3) is 0.458. The number of carbonyl (C=O) groups excluding carboxylic acids is 1. The lowest BCUT2D eigenvalue weighted by molar-refractivity contribution is -0.0301. The Morgan fingerprint density at radius 3 is 2.10 bits per heavy atom. The van der Waals surface area contributed by atoms with Gasteiger partial charge in [0.25, 0.3) is 0 Å². The third-order valence-electron chi connectivity index (χ3n) is 6.03. The first kappa shape index (κ1) is 21.5. The molecule has 160 valence electrons. The summed E-state index contributed by atoms with van der Waals surface area (Å²) in [5, 5.41) is 0.683. The van der Waals surface area contributed by atoms with Crippen molar-refractivity contribution < 1.29 is 14.3 Å². The average molecular weight is 429 g/mol. The Kier molecular flexibility index (Phi) is 7.18. The van der Waals surface area contributed by atoms with Gasteiger partial charge in [-0.25, -0.2) is 0 Å². The van der Waals surface area contributed by atoms with Crippen LogP contribution in [0.1, 0.15) is 27.5 Å². The Bertz CT molecular complexity index is 849. The lowest BCUT2D eigenvalue weighted by atomic mass is 9.89. The molecule has 0 aromatic heterocycles. The topological polar surface area (TPSA) is 42.0 Å². The normalized spacial score (nSPS) is 20.6. The molecule has 0 radical (unpaired) electrons. The Labute approximate surface area is 183 Å². The van der Waals surface area contributed by atoms with Crippen molar-refractivity contribution >= 4 is 17.4 Å². The predicted octanol–water partition coefficient (Wildman–Crippen LogP) is 3.61. The van der Waals surface area contributed by atoms with Gasteiger partial charge < -0.3 is 9.47 Å². The number of ketones is 1. The molecule has 2 aliphatic heterocycles. The summed E-state index contributed by atoms with van der Waals surface area (Å²) in [7, 11) is 0. The summed E-state index contributed by atoms with van der Waals surface area (Å²) in [5.74, 6) is 0.136. The summed E-state index contributed by atoms with van der Waals surface area (Å²) in [6.45, 7) is 7.73. The number of nitrogens with zero attached hydrogens (tertiary/aromatic N) is 2. The Balaban J connectivity index is 1.76. The van der Waals surface area contributed by atoms with Gasteiger partial charge in [0.05, 0.1) is 38.5 Å². The fourth-order valence-electron chi connectivity index (χ4n) is 4.43. The summed E-state index contributed by atoms with van der Waals surface area (Å²) in [6, 6.07) is 15.6. The molecule has 2 atom stereocenters. The number of hydrogen-bond donors (Lipinski definition) is 0. The maximum absolute atomic E-state index is 14.0. The number of benzene rings is 2. The molecule has 2 aromatic carbocycles. The highest BCUT2D eigenvalue weighted by Crippen LogP contribution is 2.32. The quantitative estimate of drug-likeness (QED) is 0.657. The van der Waals surface area contributed by atoms with Crippen molar-refractivity contribution in [2.24, 2.45) is 0 Å². The summed E-state index contributed by atoms with van der Waals surface area (Å²) in [4.78, 5) is 18.7. The third kappa shape index (κ3) is 4.76. The molecule has 0 amide bonds. The number of carbonyl (C=O) groups is 1. The smallest absolute Gasteiger partial charge is 0.181 e. The van der Waals surface area contributed by atoms with Crippen LogP contribution < -0.4 is 0 Å². The average Bonchev–Trinajstić information content (AvgIpc) is 2.80. The molecule has 2 aliphatic rings. The molecule has 2 fully saturated rings. The fourth-order valence-corrected chi connectivity index (χ4v) is 4.55. The molecule has 2 heterocycles. The highest BCUT2D eigenvalue weighted by molar-refractivity contribution is 6.31. The van der Waals surface area contributed by atoms with E-state index in [-0.39, 0.29) is 17.9 Å².